The van der Waals surface area contributed by atoms with Crippen LogP contribution in [0.2, 0.25) is 0 Å². The van der Waals surface area contributed by atoms with Gasteiger partial charge in [0.2, 0.25) is 15.9 Å². The first-order valence-corrected chi connectivity index (χ1v) is 12.7. The van der Waals surface area contributed by atoms with Crippen molar-refractivity contribution in [3.05, 3.63) is 83.9 Å². The maximum Gasteiger partial charge on any atom is 0.243 e. The van der Waals surface area contributed by atoms with Gasteiger partial charge >= 0.3 is 0 Å². The predicted molar refractivity (Wildman–Crippen MR) is 124 cm³/mol. The van der Waals surface area contributed by atoms with Crippen LogP contribution < -0.4 is 4.74 Å². The summed E-state index contributed by atoms with van der Waals surface area (Å²) in [5.74, 6) is -0.0876. The third kappa shape index (κ3) is 4.21. The Labute approximate surface area is 198 Å². The number of carbonyl (C=O) groups is 1. The Bertz CT molecular complexity index is 1300. The van der Waals surface area contributed by atoms with Crippen molar-refractivity contribution < 1.29 is 22.3 Å². The lowest BCUT2D eigenvalue weighted by molar-refractivity contribution is -0.134. The predicted octanol–water partition coefficient (Wildman–Crippen LogP) is 3.42. The number of amides is 1. The van der Waals surface area contributed by atoms with Crippen molar-refractivity contribution in [1.82, 2.24) is 13.8 Å². The van der Waals surface area contributed by atoms with Gasteiger partial charge in [0.15, 0.2) is 0 Å². The molecule has 3 aromatic rings. The van der Waals surface area contributed by atoms with E-state index in [-0.39, 0.29) is 29.4 Å². The van der Waals surface area contributed by atoms with E-state index in [1.165, 1.54) is 16.4 Å². The van der Waals surface area contributed by atoms with E-state index >= 15 is 0 Å². The van der Waals surface area contributed by atoms with E-state index in [4.69, 9.17) is 4.74 Å². The highest BCUT2D eigenvalue weighted by Gasteiger charge is 2.41. The van der Waals surface area contributed by atoms with Gasteiger partial charge in [-0.05, 0) is 66.9 Å². The maximum atomic E-state index is 13.7. The molecule has 0 spiro atoms. The summed E-state index contributed by atoms with van der Waals surface area (Å²) >= 11 is 0. The number of sulfonamides is 1. The molecule has 1 fully saturated rings. The molecule has 2 aliphatic rings. The van der Waals surface area contributed by atoms with Gasteiger partial charge < -0.3 is 14.2 Å². The molecule has 2 heterocycles. The Morgan fingerprint density at radius 1 is 1.09 bits per heavy atom. The van der Waals surface area contributed by atoms with Gasteiger partial charge in [-0.2, -0.15) is 4.31 Å². The zero-order valence-electron chi connectivity index (χ0n) is 18.8. The SMILES string of the molecule is COc1cccc(C2c3cccn3CCN2C(=O)CN(C2CC2)S(=O)(=O)c2ccc(F)cc2)c1. The lowest BCUT2D eigenvalue weighted by Crippen LogP contribution is -2.48. The van der Waals surface area contributed by atoms with E-state index in [9.17, 15) is 17.6 Å². The molecule has 1 aliphatic heterocycles. The first-order valence-electron chi connectivity index (χ1n) is 11.2. The number of nitrogens with zero attached hydrogens (tertiary/aromatic N) is 3. The molecule has 2 aromatic carbocycles. The molecular formula is C25H26FN3O4S. The average Bonchev–Trinajstić information content (AvgIpc) is 3.57. The molecule has 0 radical (unpaired) electrons. The van der Waals surface area contributed by atoms with E-state index in [1.54, 1.807) is 12.0 Å². The zero-order chi connectivity index (χ0) is 23.9. The molecule has 9 heteroatoms. The first-order chi connectivity index (χ1) is 16.4. The Morgan fingerprint density at radius 2 is 1.85 bits per heavy atom. The third-order valence-corrected chi connectivity index (χ3v) is 8.35. The minimum absolute atomic E-state index is 0.00883. The molecule has 1 atom stereocenters. The number of fused-ring (bicyclic) bond motifs is 1. The average molecular weight is 484 g/mol. The van der Waals surface area contributed by atoms with Gasteiger partial charge in [-0.1, -0.05) is 12.1 Å². The van der Waals surface area contributed by atoms with Gasteiger partial charge in [-0.3, -0.25) is 4.79 Å². The summed E-state index contributed by atoms with van der Waals surface area (Å²) < 4.78 is 48.9. The van der Waals surface area contributed by atoms with Gasteiger partial charge in [0.05, 0.1) is 24.6 Å². The Kier molecular flexibility index (Phi) is 5.91. The largest absolute Gasteiger partial charge is 0.497 e. The molecule has 7 nitrogen and oxygen atoms in total. The maximum absolute atomic E-state index is 13.7. The van der Waals surface area contributed by atoms with Crippen LogP contribution in [0.1, 0.15) is 30.1 Å². The van der Waals surface area contributed by atoms with Crippen molar-refractivity contribution in [3.8, 4) is 5.75 Å². The topological polar surface area (TPSA) is 71.8 Å². The highest BCUT2D eigenvalue weighted by Crippen LogP contribution is 2.36. The number of ether oxygens (including phenoxy) is 1. The number of benzene rings is 2. The van der Waals surface area contributed by atoms with E-state index in [0.29, 0.717) is 31.7 Å². The molecule has 0 N–H and O–H groups in total. The monoisotopic (exact) mass is 483 g/mol. The molecule has 0 saturated heterocycles. The summed E-state index contributed by atoms with van der Waals surface area (Å²) in [4.78, 5) is 15.4. The number of hydrogen-bond donors (Lipinski definition) is 0. The second-order valence-electron chi connectivity index (χ2n) is 8.63. The van der Waals surface area contributed by atoms with Gasteiger partial charge in [0.25, 0.3) is 0 Å². The van der Waals surface area contributed by atoms with Gasteiger partial charge in [0.1, 0.15) is 11.6 Å². The van der Waals surface area contributed by atoms with Crippen molar-refractivity contribution >= 4 is 15.9 Å². The van der Waals surface area contributed by atoms with Crippen LogP contribution in [0, 0.1) is 5.82 Å². The summed E-state index contributed by atoms with van der Waals surface area (Å²) in [6.07, 6.45) is 3.39. The standard InChI is InChI=1S/C25H26FN3O4S/c1-33-21-5-2-4-18(16-21)25-23-6-3-13-27(23)14-15-28(25)24(30)17-29(20-9-10-20)34(31,32)22-11-7-19(26)8-12-22/h2-8,11-13,16,20,25H,9-10,14-15,17H2,1H3. The first kappa shape index (κ1) is 22.6. The van der Waals surface area contributed by atoms with E-state index in [2.05, 4.69) is 4.57 Å². The fraction of sp³-hybridized carbons (Fsp3) is 0.320. The third-order valence-electron chi connectivity index (χ3n) is 6.43. The highest BCUT2D eigenvalue weighted by molar-refractivity contribution is 7.89. The van der Waals surface area contributed by atoms with Crippen LogP contribution in [-0.4, -0.2) is 54.3 Å². The molecule has 178 valence electrons. The molecule has 34 heavy (non-hydrogen) atoms. The molecule has 0 bridgehead atoms. The van der Waals surface area contributed by atoms with Crippen LogP contribution in [0.15, 0.2) is 71.8 Å². The molecule has 1 unspecified atom stereocenters. The number of halogens is 1. The van der Waals surface area contributed by atoms with Crippen molar-refractivity contribution in [2.24, 2.45) is 0 Å². The van der Waals surface area contributed by atoms with Gasteiger partial charge in [-0.25, -0.2) is 12.8 Å². The summed E-state index contributed by atoms with van der Waals surface area (Å²) in [7, 11) is -2.34. The highest BCUT2D eigenvalue weighted by atomic mass is 32.2. The van der Waals surface area contributed by atoms with Crippen molar-refractivity contribution in [2.45, 2.75) is 36.4 Å². The van der Waals surface area contributed by atoms with Crippen LogP contribution in [-0.2, 0) is 21.4 Å². The minimum Gasteiger partial charge on any atom is -0.497 e. The van der Waals surface area contributed by atoms with Crippen molar-refractivity contribution in [3.63, 3.8) is 0 Å². The van der Waals surface area contributed by atoms with Crippen LogP contribution >= 0.6 is 0 Å². The Balaban J connectivity index is 1.47. The summed E-state index contributed by atoms with van der Waals surface area (Å²) in [6.45, 7) is 0.825. The molecule has 1 saturated carbocycles. The second kappa shape index (κ2) is 8.88. The number of carbonyl (C=O) groups excluding carboxylic acids is 1. The molecular weight excluding hydrogens is 457 g/mol. The van der Waals surface area contributed by atoms with E-state index < -0.39 is 15.8 Å². The number of methoxy groups -OCH3 is 1. The molecule has 5 rings (SSSR count). The fourth-order valence-corrected chi connectivity index (χ4v) is 6.19. The van der Waals surface area contributed by atoms with Gasteiger partial charge in [-0.15, -0.1) is 0 Å². The Morgan fingerprint density at radius 3 is 2.56 bits per heavy atom. The number of aromatic nitrogens is 1. The lowest BCUT2D eigenvalue weighted by Gasteiger charge is -2.38. The van der Waals surface area contributed by atoms with E-state index in [1.807, 2.05) is 42.6 Å². The minimum atomic E-state index is -3.94. The molecule has 1 amide bonds. The summed E-state index contributed by atoms with van der Waals surface area (Å²) in [5, 5.41) is 0. The second-order valence-corrected chi connectivity index (χ2v) is 10.5. The van der Waals surface area contributed by atoms with Crippen LogP contribution in [0.4, 0.5) is 4.39 Å². The van der Waals surface area contributed by atoms with Crippen LogP contribution in [0.25, 0.3) is 0 Å². The van der Waals surface area contributed by atoms with Crippen molar-refractivity contribution in [1.29, 1.82) is 0 Å². The summed E-state index contributed by atoms with van der Waals surface area (Å²) in [5.41, 5.74) is 1.86. The zero-order valence-corrected chi connectivity index (χ0v) is 19.6. The number of rotatable bonds is 7. The summed E-state index contributed by atoms with van der Waals surface area (Å²) in [6, 6.07) is 15.7. The molecule has 1 aromatic heterocycles. The quantitative estimate of drug-likeness (QED) is 0.516. The van der Waals surface area contributed by atoms with E-state index in [0.717, 1.165) is 23.4 Å². The fourth-order valence-electron chi connectivity index (χ4n) is 4.55. The van der Waals surface area contributed by atoms with Crippen LogP contribution in [0.5, 0.6) is 5.75 Å². The number of hydrogen-bond acceptors (Lipinski definition) is 4. The van der Waals surface area contributed by atoms with Crippen molar-refractivity contribution in [2.75, 3.05) is 20.2 Å². The normalized spacial score (nSPS) is 18.1. The smallest absolute Gasteiger partial charge is 0.243 e. The van der Waals surface area contributed by atoms with Crippen LogP contribution in [0.3, 0.4) is 0 Å². The Hall–Kier alpha value is -3.17. The van der Waals surface area contributed by atoms with Gasteiger partial charge in [0, 0.05) is 31.0 Å². The molecule has 1 aliphatic carbocycles. The lowest BCUT2D eigenvalue weighted by atomic mass is 9.99.